The number of aromatic nitrogens is 1. The molecule has 0 bridgehead atoms. The molecular formula is C8H12N2O. The second-order valence-electron chi connectivity index (χ2n) is 3.36. The van der Waals surface area contributed by atoms with Gasteiger partial charge in [0.25, 0.3) is 0 Å². The quantitative estimate of drug-likeness (QED) is 0.658. The largest absolute Gasteiger partial charge is 0.361 e. The van der Waals surface area contributed by atoms with Crippen LogP contribution in [-0.2, 0) is 5.54 Å². The third kappa shape index (κ3) is 0.878. The van der Waals surface area contributed by atoms with Crippen molar-refractivity contribution in [1.29, 1.82) is 0 Å². The topological polar surface area (TPSA) is 52.0 Å². The molecule has 1 aromatic heterocycles. The van der Waals surface area contributed by atoms with E-state index in [1.807, 2.05) is 13.8 Å². The van der Waals surface area contributed by atoms with Crippen LogP contribution in [0.4, 0.5) is 0 Å². The Kier molecular flexibility index (Phi) is 1.16. The average Bonchev–Trinajstić information content (AvgIpc) is 2.56. The summed E-state index contributed by atoms with van der Waals surface area (Å²) >= 11 is 0. The Labute approximate surface area is 65.6 Å². The molecule has 0 atom stereocenters. The van der Waals surface area contributed by atoms with Gasteiger partial charge in [0.2, 0.25) is 0 Å². The minimum atomic E-state index is -0.103. The highest BCUT2D eigenvalue weighted by Crippen LogP contribution is 2.45. The van der Waals surface area contributed by atoms with Crippen molar-refractivity contribution in [3.63, 3.8) is 0 Å². The Morgan fingerprint density at radius 1 is 1.45 bits per heavy atom. The monoisotopic (exact) mass is 152 g/mol. The van der Waals surface area contributed by atoms with Crippen molar-refractivity contribution in [2.24, 2.45) is 5.73 Å². The van der Waals surface area contributed by atoms with Crippen molar-refractivity contribution < 1.29 is 4.52 Å². The van der Waals surface area contributed by atoms with Crippen LogP contribution < -0.4 is 5.73 Å². The lowest BCUT2D eigenvalue weighted by molar-refractivity contribution is 0.391. The predicted octanol–water partition coefficient (Wildman–Crippen LogP) is 1.24. The maximum absolute atomic E-state index is 6.01. The minimum absolute atomic E-state index is 0.103. The highest BCUT2D eigenvalue weighted by atomic mass is 16.5. The van der Waals surface area contributed by atoms with Crippen LogP contribution in [0.25, 0.3) is 0 Å². The molecule has 1 aliphatic rings. The standard InChI is InChI=1S/C8H12N2O/c1-5-7(6(2)11-10-5)8(9)3-4-8/h3-4,9H2,1-2H3. The number of aryl methyl sites for hydroxylation is 2. The summed E-state index contributed by atoms with van der Waals surface area (Å²) < 4.78 is 5.03. The summed E-state index contributed by atoms with van der Waals surface area (Å²) in [5, 5.41) is 3.87. The molecule has 1 aromatic rings. The molecule has 1 saturated carbocycles. The fraction of sp³-hybridized carbons (Fsp3) is 0.625. The van der Waals surface area contributed by atoms with Crippen LogP contribution in [0.2, 0.25) is 0 Å². The van der Waals surface area contributed by atoms with Gasteiger partial charge in [-0.15, -0.1) is 0 Å². The predicted molar refractivity (Wildman–Crippen MR) is 41.1 cm³/mol. The molecule has 3 heteroatoms. The van der Waals surface area contributed by atoms with Crippen LogP contribution in [0.3, 0.4) is 0 Å². The van der Waals surface area contributed by atoms with Gasteiger partial charge in [-0.25, -0.2) is 0 Å². The van der Waals surface area contributed by atoms with Crippen molar-refractivity contribution in [3.05, 3.63) is 17.0 Å². The van der Waals surface area contributed by atoms with Crippen molar-refractivity contribution in [2.75, 3.05) is 0 Å². The van der Waals surface area contributed by atoms with Crippen molar-refractivity contribution in [3.8, 4) is 0 Å². The van der Waals surface area contributed by atoms with Gasteiger partial charge in [-0.05, 0) is 26.7 Å². The van der Waals surface area contributed by atoms with Gasteiger partial charge in [0.15, 0.2) is 0 Å². The van der Waals surface area contributed by atoms with Crippen LogP contribution in [0, 0.1) is 13.8 Å². The average molecular weight is 152 g/mol. The highest BCUT2D eigenvalue weighted by Gasteiger charge is 2.44. The van der Waals surface area contributed by atoms with E-state index in [-0.39, 0.29) is 5.54 Å². The van der Waals surface area contributed by atoms with Crippen LogP contribution in [0.1, 0.15) is 29.9 Å². The normalized spacial score (nSPS) is 20.3. The molecule has 11 heavy (non-hydrogen) atoms. The number of hydrogen-bond donors (Lipinski definition) is 1. The van der Waals surface area contributed by atoms with E-state index in [0.29, 0.717) is 0 Å². The first-order valence-corrected chi connectivity index (χ1v) is 3.86. The van der Waals surface area contributed by atoms with Gasteiger partial charge < -0.3 is 10.3 Å². The summed E-state index contributed by atoms with van der Waals surface area (Å²) in [6.07, 6.45) is 2.13. The first-order valence-electron chi connectivity index (χ1n) is 3.86. The molecule has 0 aliphatic heterocycles. The lowest BCUT2D eigenvalue weighted by Gasteiger charge is -2.05. The van der Waals surface area contributed by atoms with E-state index in [1.54, 1.807) is 0 Å². The molecule has 1 aliphatic carbocycles. The molecule has 0 aromatic carbocycles. The Morgan fingerprint density at radius 3 is 2.45 bits per heavy atom. The maximum atomic E-state index is 6.01. The first kappa shape index (κ1) is 6.85. The maximum Gasteiger partial charge on any atom is 0.138 e. The first-order chi connectivity index (χ1) is 5.13. The number of hydrogen-bond acceptors (Lipinski definition) is 3. The summed E-state index contributed by atoms with van der Waals surface area (Å²) in [5.41, 5.74) is 7.98. The van der Waals surface area contributed by atoms with Crippen LogP contribution in [-0.4, -0.2) is 5.16 Å². The van der Waals surface area contributed by atoms with Crippen molar-refractivity contribution in [2.45, 2.75) is 32.2 Å². The lowest BCUT2D eigenvalue weighted by atomic mass is 10.0. The van der Waals surface area contributed by atoms with E-state index < -0.39 is 0 Å². The molecule has 2 N–H and O–H groups in total. The number of nitrogens with two attached hydrogens (primary N) is 1. The van der Waals surface area contributed by atoms with Gasteiger partial charge in [-0.2, -0.15) is 0 Å². The van der Waals surface area contributed by atoms with Crippen LogP contribution in [0.15, 0.2) is 4.52 Å². The smallest absolute Gasteiger partial charge is 0.138 e. The number of rotatable bonds is 1. The van der Waals surface area contributed by atoms with Crippen molar-refractivity contribution in [1.82, 2.24) is 5.16 Å². The van der Waals surface area contributed by atoms with E-state index in [1.165, 1.54) is 0 Å². The fourth-order valence-electron chi connectivity index (χ4n) is 1.58. The molecule has 0 radical (unpaired) electrons. The van der Waals surface area contributed by atoms with Gasteiger partial charge in [-0.1, -0.05) is 5.16 Å². The third-order valence-corrected chi connectivity index (χ3v) is 2.32. The summed E-state index contributed by atoms with van der Waals surface area (Å²) in [6.45, 7) is 3.86. The zero-order valence-corrected chi connectivity index (χ0v) is 6.85. The Bertz CT molecular complexity index is 267. The third-order valence-electron chi connectivity index (χ3n) is 2.32. The van der Waals surface area contributed by atoms with E-state index in [4.69, 9.17) is 10.3 Å². The van der Waals surface area contributed by atoms with E-state index in [2.05, 4.69) is 5.16 Å². The van der Waals surface area contributed by atoms with Gasteiger partial charge in [0.05, 0.1) is 5.69 Å². The zero-order chi connectivity index (χ0) is 8.06. The molecule has 0 spiro atoms. The molecule has 0 amide bonds. The van der Waals surface area contributed by atoms with Crippen molar-refractivity contribution >= 4 is 0 Å². The lowest BCUT2D eigenvalue weighted by Crippen LogP contribution is -2.20. The molecule has 2 rings (SSSR count). The SMILES string of the molecule is Cc1noc(C)c1C1(N)CC1. The van der Waals surface area contributed by atoms with E-state index >= 15 is 0 Å². The Morgan fingerprint density at radius 2 is 2.09 bits per heavy atom. The number of nitrogens with zero attached hydrogens (tertiary/aromatic N) is 1. The second kappa shape index (κ2) is 1.85. The summed E-state index contributed by atoms with van der Waals surface area (Å²) in [6, 6.07) is 0. The summed E-state index contributed by atoms with van der Waals surface area (Å²) in [7, 11) is 0. The van der Waals surface area contributed by atoms with Gasteiger partial charge in [0.1, 0.15) is 5.76 Å². The van der Waals surface area contributed by atoms with E-state index in [0.717, 1.165) is 29.9 Å². The van der Waals surface area contributed by atoms with E-state index in [9.17, 15) is 0 Å². The molecule has 0 saturated heterocycles. The summed E-state index contributed by atoms with van der Waals surface area (Å²) in [4.78, 5) is 0. The molecular weight excluding hydrogens is 140 g/mol. The molecule has 3 nitrogen and oxygen atoms in total. The zero-order valence-electron chi connectivity index (χ0n) is 6.85. The van der Waals surface area contributed by atoms with Gasteiger partial charge in [-0.3, -0.25) is 0 Å². The Hall–Kier alpha value is -0.830. The fourth-order valence-corrected chi connectivity index (χ4v) is 1.58. The molecule has 0 unspecified atom stereocenters. The molecule has 1 fully saturated rings. The Balaban J connectivity index is 2.50. The van der Waals surface area contributed by atoms with Gasteiger partial charge >= 0.3 is 0 Å². The highest BCUT2D eigenvalue weighted by molar-refractivity contribution is 5.34. The summed E-state index contributed by atoms with van der Waals surface area (Å²) in [5.74, 6) is 0.877. The molecule has 60 valence electrons. The van der Waals surface area contributed by atoms with Gasteiger partial charge in [0, 0.05) is 11.1 Å². The molecule has 1 heterocycles. The van der Waals surface area contributed by atoms with Crippen LogP contribution >= 0.6 is 0 Å². The second-order valence-corrected chi connectivity index (χ2v) is 3.36. The van der Waals surface area contributed by atoms with Crippen LogP contribution in [0.5, 0.6) is 0 Å². The minimum Gasteiger partial charge on any atom is -0.361 e.